The lowest BCUT2D eigenvalue weighted by atomic mass is 10.1. The van der Waals surface area contributed by atoms with Crippen molar-refractivity contribution in [2.75, 3.05) is 23.8 Å². The number of benzene rings is 4. The average Bonchev–Trinajstić information content (AvgIpc) is 3.49. The highest BCUT2D eigenvalue weighted by molar-refractivity contribution is 5.92. The van der Waals surface area contributed by atoms with Crippen LogP contribution in [0.1, 0.15) is 148 Å². The van der Waals surface area contributed by atoms with Gasteiger partial charge in [0.1, 0.15) is 11.5 Å². The van der Waals surface area contributed by atoms with Crippen molar-refractivity contribution in [3.05, 3.63) is 154 Å². The van der Waals surface area contributed by atoms with E-state index in [1.165, 1.54) is 102 Å². The maximum absolute atomic E-state index is 13.4. The predicted octanol–water partition coefficient (Wildman–Crippen LogP) is 13.7. The average molecular weight is 869 g/mol. The molecule has 0 aromatic heterocycles. The molecule has 9 heteroatoms. The van der Waals surface area contributed by atoms with Gasteiger partial charge in [0.25, 0.3) is 5.43 Å². The molecule has 0 radical (unpaired) electrons. The Hall–Kier alpha value is -6.09. The summed E-state index contributed by atoms with van der Waals surface area (Å²) in [5, 5.41) is 6.79. The van der Waals surface area contributed by atoms with Crippen molar-refractivity contribution in [2.45, 2.75) is 130 Å². The third kappa shape index (κ3) is 17.9. The lowest BCUT2D eigenvalue weighted by Gasteiger charge is -2.10. The molecule has 0 aliphatic carbocycles. The van der Waals surface area contributed by atoms with E-state index in [4.69, 9.17) is 18.9 Å². The maximum atomic E-state index is 13.4. The van der Waals surface area contributed by atoms with Crippen molar-refractivity contribution in [3.8, 4) is 23.0 Å². The van der Waals surface area contributed by atoms with Crippen molar-refractivity contribution >= 4 is 23.3 Å². The number of ether oxygens (including phenoxy) is 4. The van der Waals surface area contributed by atoms with Crippen LogP contribution >= 0.6 is 0 Å². The van der Waals surface area contributed by atoms with Crippen LogP contribution in [-0.2, 0) is 13.1 Å². The second-order valence-corrected chi connectivity index (χ2v) is 16.4. The van der Waals surface area contributed by atoms with E-state index >= 15 is 0 Å². The molecule has 0 unspecified atom stereocenters. The van der Waals surface area contributed by atoms with Gasteiger partial charge in [0, 0.05) is 24.5 Å². The van der Waals surface area contributed by atoms with Gasteiger partial charge in [0.05, 0.1) is 24.3 Å². The number of carbonyl (C=O) groups is 2. The number of rotatable bonds is 30. The zero-order valence-corrected chi connectivity index (χ0v) is 38.0. The van der Waals surface area contributed by atoms with Gasteiger partial charge < -0.3 is 29.6 Å². The van der Waals surface area contributed by atoms with Crippen molar-refractivity contribution in [1.82, 2.24) is 0 Å². The summed E-state index contributed by atoms with van der Waals surface area (Å²) in [4.78, 5) is 39.6. The number of anilines is 2. The van der Waals surface area contributed by atoms with Gasteiger partial charge in [-0.25, -0.2) is 9.59 Å². The number of unbranched alkanes of at least 4 members (excludes halogenated alkanes) is 14. The third-order valence-corrected chi connectivity index (χ3v) is 11.1. The van der Waals surface area contributed by atoms with Crippen molar-refractivity contribution in [3.63, 3.8) is 0 Å². The number of hydrogen-bond acceptors (Lipinski definition) is 9. The van der Waals surface area contributed by atoms with E-state index in [1.54, 1.807) is 36.4 Å². The summed E-state index contributed by atoms with van der Waals surface area (Å²) in [5.74, 6) is -0.193. The van der Waals surface area contributed by atoms with E-state index in [0.29, 0.717) is 13.1 Å². The van der Waals surface area contributed by atoms with Gasteiger partial charge in [0.2, 0.25) is 0 Å². The fourth-order valence-electron chi connectivity index (χ4n) is 7.15. The van der Waals surface area contributed by atoms with Gasteiger partial charge in [-0.1, -0.05) is 140 Å². The molecule has 0 bridgehead atoms. The summed E-state index contributed by atoms with van der Waals surface area (Å²) in [5.41, 5.74) is 3.66. The number of nitrogens with one attached hydrogen (secondary N) is 2. The molecule has 0 amide bonds. The van der Waals surface area contributed by atoms with Crippen molar-refractivity contribution in [2.24, 2.45) is 0 Å². The van der Waals surface area contributed by atoms with Crippen LogP contribution in [-0.4, -0.2) is 25.2 Å². The van der Waals surface area contributed by atoms with E-state index in [2.05, 4.69) is 24.5 Å². The number of carbonyl (C=O) groups excluding carboxylic acids is 2. The van der Waals surface area contributed by atoms with Gasteiger partial charge in [0.15, 0.2) is 11.5 Å². The summed E-state index contributed by atoms with van der Waals surface area (Å²) in [6.07, 6.45) is 20.3. The van der Waals surface area contributed by atoms with Gasteiger partial charge in [-0.15, -0.1) is 0 Å². The summed E-state index contributed by atoms with van der Waals surface area (Å²) < 4.78 is 22.9. The van der Waals surface area contributed by atoms with E-state index in [1.807, 2.05) is 72.8 Å². The molecule has 0 saturated carbocycles. The highest BCUT2D eigenvalue weighted by Crippen LogP contribution is 2.21. The molecule has 64 heavy (non-hydrogen) atoms. The Labute approximate surface area is 380 Å². The maximum Gasteiger partial charge on any atom is 0.343 e. The lowest BCUT2D eigenvalue weighted by Crippen LogP contribution is -2.17. The SMILES string of the molecule is CCCCCCCCCCOc1ccc(NCc2ccc(C(=O)Oc3ccccc(OC(=O)c4ccc(CNc5ccc(OCCCCCCCCCC)cc5)cc4)c3=O)cc2)cc1. The molecule has 5 aromatic rings. The van der Waals surface area contributed by atoms with Gasteiger partial charge >= 0.3 is 11.9 Å². The molecule has 9 nitrogen and oxygen atoms in total. The topological polar surface area (TPSA) is 112 Å². The van der Waals surface area contributed by atoms with Gasteiger partial charge in [-0.05, 0) is 109 Å². The Morgan fingerprint density at radius 2 is 0.766 bits per heavy atom. The largest absolute Gasteiger partial charge is 0.494 e. The van der Waals surface area contributed by atoms with E-state index in [9.17, 15) is 14.4 Å². The molecule has 0 spiro atoms. The molecule has 2 N–H and O–H groups in total. The minimum atomic E-state index is -0.720. The number of esters is 2. The highest BCUT2D eigenvalue weighted by Gasteiger charge is 2.16. The zero-order chi connectivity index (χ0) is 45.0. The number of hydrogen-bond donors (Lipinski definition) is 2. The molecular formula is C55H68N2O7. The van der Waals surface area contributed by atoms with Crippen LogP contribution in [0.25, 0.3) is 0 Å². The molecular weight excluding hydrogens is 801 g/mol. The molecule has 340 valence electrons. The summed E-state index contributed by atoms with van der Waals surface area (Å²) in [6, 6.07) is 35.6. The van der Waals surface area contributed by atoms with Crippen LogP contribution < -0.4 is 35.0 Å². The normalized spacial score (nSPS) is 10.8. The molecule has 0 saturated heterocycles. The fourth-order valence-corrected chi connectivity index (χ4v) is 7.15. The first kappa shape index (κ1) is 48.9. The Kier molecular flexibility index (Phi) is 21.8. The second kappa shape index (κ2) is 28.6. The Morgan fingerprint density at radius 1 is 0.422 bits per heavy atom. The van der Waals surface area contributed by atoms with Crippen LogP contribution in [0, 0.1) is 0 Å². The quantitative estimate of drug-likeness (QED) is 0.0344. The Morgan fingerprint density at radius 3 is 1.12 bits per heavy atom. The van der Waals surface area contributed by atoms with Crippen LogP contribution in [0.5, 0.6) is 23.0 Å². The molecule has 0 fully saturated rings. The van der Waals surface area contributed by atoms with E-state index in [-0.39, 0.29) is 22.6 Å². The zero-order valence-electron chi connectivity index (χ0n) is 38.0. The lowest BCUT2D eigenvalue weighted by molar-refractivity contribution is 0.0730. The van der Waals surface area contributed by atoms with Crippen LogP contribution in [0.2, 0.25) is 0 Å². The molecule has 5 rings (SSSR count). The van der Waals surface area contributed by atoms with Gasteiger partial charge in [-0.3, -0.25) is 4.79 Å². The summed E-state index contributed by atoms with van der Waals surface area (Å²) >= 11 is 0. The van der Waals surface area contributed by atoms with Gasteiger partial charge in [-0.2, -0.15) is 0 Å². The Balaban J connectivity index is 1.01. The van der Waals surface area contributed by atoms with Crippen LogP contribution in [0.3, 0.4) is 0 Å². The van der Waals surface area contributed by atoms with E-state index < -0.39 is 17.4 Å². The molecule has 0 aliphatic rings. The molecule has 0 aliphatic heterocycles. The smallest absolute Gasteiger partial charge is 0.343 e. The van der Waals surface area contributed by atoms with Crippen LogP contribution in [0.4, 0.5) is 11.4 Å². The predicted molar refractivity (Wildman–Crippen MR) is 259 cm³/mol. The summed E-state index contributed by atoms with van der Waals surface area (Å²) in [6.45, 7) is 7.04. The van der Waals surface area contributed by atoms with E-state index in [0.717, 1.165) is 60.1 Å². The van der Waals surface area contributed by atoms with Crippen molar-refractivity contribution in [1.29, 1.82) is 0 Å². The molecule has 5 aromatic carbocycles. The first-order valence-electron chi connectivity index (χ1n) is 23.6. The first-order valence-corrected chi connectivity index (χ1v) is 23.6. The molecule has 0 atom stereocenters. The minimum Gasteiger partial charge on any atom is -0.494 e. The molecule has 0 heterocycles. The van der Waals surface area contributed by atoms with Crippen molar-refractivity contribution < 1.29 is 28.5 Å². The third-order valence-electron chi connectivity index (χ3n) is 11.1. The first-order chi connectivity index (χ1) is 31.4. The minimum absolute atomic E-state index is 0.252. The Bertz CT molecular complexity index is 2000. The second-order valence-electron chi connectivity index (χ2n) is 16.4. The fraction of sp³-hybridized carbons (Fsp3) is 0.400. The summed E-state index contributed by atoms with van der Waals surface area (Å²) in [7, 11) is 0. The van der Waals surface area contributed by atoms with Crippen LogP contribution in [0.15, 0.2) is 126 Å². The standard InChI is InChI=1S/C55H68N2O7/c1-3-5-7-9-11-13-15-19-39-61-49-35-31-47(32-36-49)56-41-43-23-27-45(28-24-43)54(59)63-51-21-17-18-22-52(53(51)58)64-55(60)46-29-25-44(26-30-46)42-57-48-33-37-50(38-34-48)62-40-20-16-14-12-10-8-6-4-2/h17-18,21-38,56-57H,3-16,19-20,39-42H2,1-2H3. The monoisotopic (exact) mass is 869 g/mol. The highest BCUT2D eigenvalue weighted by atomic mass is 16.6.